The van der Waals surface area contributed by atoms with Gasteiger partial charge in [0.2, 0.25) is 5.91 Å². The zero-order valence-electron chi connectivity index (χ0n) is 15.4. The average molecular weight is 369 g/mol. The predicted molar refractivity (Wildman–Crippen MR) is 101 cm³/mol. The molecule has 142 valence electrons. The van der Waals surface area contributed by atoms with Gasteiger partial charge in [-0.3, -0.25) is 9.59 Å². The minimum absolute atomic E-state index is 0.0181. The minimum atomic E-state index is -0.860. The van der Waals surface area contributed by atoms with Crippen LogP contribution in [0.15, 0.2) is 48.5 Å². The molecule has 1 atom stereocenters. The van der Waals surface area contributed by atoms with Crippen LogP contribution < -0.4 is 5.32 Å². The first-order chi connectivity index (χ1) is 12.9. The SMILES string of the molecule is COC(=O)C(Cc1ccc(O)cc1)NC(=O)CCC(=O)c1ccc(C)cc1. The molecule has 6 heteroatoms. The lowest BCUT2D eigenvalue weighted by molar-refractivity contribution is -0.145. The van der Waals surface area contributed by atoms with Crippen molar-refractivity contribution < 1.29 is 24.2 Å². The number of carbonyl (C=O) groups excluding carboxylic acids is 3. The van der Waals surface area contributed by atoms with Crippen LogP contribution in [0, 0.1) is 6.92 Å². The predicted octanol–water partition coefficient (Wildman–Crippen LogP) is 2.56. The van der Waals surface area contributed by atoms with E-state index in [0.717, 1.165) is 11.1 Å². The maximum atomic E-state index is 12.2. The Bertz CT molecular complexity index is 796. The van der Waals surface area contributed by atoms with Gasteiger partial charge in [0, 0.05) is 24.8 Å². The molecule has 2 aromatic rings. The fourth-order valence-corrected chi connectivity index (χ4v) is 2.58. The Morgan fingerprint density at radius 2 is 1.63 bits per heavy atom. The van der Waals surface area contributed by atoms with Gasteiger partial charge < -0.3 is 15.2 Å². The lowest BCUT2D eigenvalue weighted by Gasteiger charge is -2.16. The van der Waals surface area contributed by atoms with Gasteiger partial charge in [-0.05, 0) is 24.6 Å². The van der Waals surface area contributed by atoms with Gasteiger partial charge in [0.05, 0.1) is 7.11 Å². The molecule has 2 N–H and O–H groups in total. The number of hydrogen-bond donors (Lipinski definition) is 2. The van der Waals surface area contributed by atoms with E-state index in [2.05, 4.69) is 5.32 Å². The Morgan fingerprint density at radius 1 is 1.00 bits per heavy atom. The average Bonchev–Trinajstić information content (AvgIpc) is 2.67. The Morgan fingerprint density at radius 3 is 2.22 bits per heavy atom. The van der Waals surface area contributed by atoms with Gasteiger partial charge in [-0.15, -0.1) is 0 Å². The van der Waals surface area contributed by atoms with Crippen LogP contribution in [0.3, 0.4) is 0 Å². The van der Waals surface area contributed by atoms with Crippen molar-refractivity contribution in [3.8, 4) is 5.75 Å². The number of carbonyl (C=O) groups is 3. The van der Waals surface area contributed by atoms with Gasteiger partial charge in [-0.2, -0.15) is 0 Å². The number of esters is 1. The first-order valence-electron chi connectivity index (χ1n) is 8.64. The Hall–Kier alpha value is -3.15. The summed E-state index contributed by atoms with van der Waals surface area (Å²) < 4.78 is 4.75. The van der Waals surface area contributed by atoms with Crippen molar-refractivity contribution in [3.05, 3.63) is 65.2 Å². The first kappa shape index (κ1) is 20.2. The third-order valence-electron chi connectivity index (χ3n) is 4.15. The highest BCUT2D eigenvalue weighted by atomic mass is 16.5. The van der Waals surface area contributed by atoms with Crippen molar-refractivity contribution in [2.45, 2.75) is 32.2 Å². The molecule has 0 aliphatic heterocycles. The van der Waals surface area contributed by atoms with E-state index in [1.165, 1.54) is 19.2 Å². The van der Waals surface area contributed by atoms with Gasteiger partial charge >= 0.3 is 5.97 Å². The molecular formula is C21H23NO5. The number of amides is 1. The number of methoxy groups -OCH3 is 1. The molecule has 6 nitrogen and oxygen atoms in total. The molecule has 0 aliphatic rings. The van der Waals surface area contributed by atoms with Crippen LogP contribution in [0.25, 0.3) is 0 Å². The van der Waals surface area contributed by atoms with E-state index in [9.17, 15) is 19.5 Å². The highest BCUT2D eigenvalue weighted by molar-refractivity contribution is 5.98. The maximum Gasteiger partial charge on any atom is 0.328 e. The third-order valence-corrected chi connectivity index (χ3v) is 4.15. The minimum Gasteiger partial charge on any atom is -0.508 e. The van der Waals surface area contributed by atoms with Gasteiger partial charge in [-0.25, -0.2) is 4.79 Å². The van der Waals surface area contributed by atoms with Crippen molar-refractivity contribution in [2.75, 3.05) is 7.11 Å². The fourth-order valence-electron chi connectivity index (χ4n) is 2.58. The number of benzene rings is 2. The van der Waals surface area contributed by atoms with Crippen LogP contribution in [0.5, 0.6) is 5.75 Å². The molecular weight excluding hydrogens is 346 g/mol. The van der Waals surface area contributed by atoms with E-state index in [1.54, 1.807) is 24.3 Å². The van der Waals surface area contributed by atoms with E-state index in [0.29, 0.717) is 5.56 Å². The summed E-state index contributed by atoms with van der Waals surface area (Å²) in [5.41, 5.74) is 2.38. The van der Waals surface area contributed by atoms with Crippen LogP contribution in [0.1, 0.15) is 34.3 Å². The fraction of sp³-hybridized carbons (Fsp3) is 0.286. The van der Waals surface area contributed by atoms with Crippen molar-refractivity contribution in [2.24, 2.45) is 0 Å². The lowest BCUT2D eigenvalue weighted by Crippen LogP contribution is -2.43. The number of ether oxygens (including phenoxy) is 1. The van der Waals surface area contributed by atoms with Crippen molar-refractivity contribution >= 4 is 17.7 Å². The second kappa shape index (κ2) is 9.52. The first-order valence-corrected chi connectivity index (χ1v) is 8.64. The lowest BCUT2D eigenvalue weighted by atomic mass is 10.0. The highest BCUT2D eigenvalue weighted by Gasteiger charge is 2.22. The van der Waals surface area contributed by atoms with Gasteiger partial charge in [-0.1, -0.05) is 42.0 Å². The molecule has 1 unspecified atom stereocenters. The number of hydrogen-bond acceptors (Lipinski definition) is 5. The summed E-state index contributed by atoms with van der Waals surface area (Å²) in [5, 5.41) is 11.9. The molecule has 0 saturated heterocycles. The molecule has 0 aromatic heterocycles. The zero-order chi connectivity index (χ0) is 19.8. The van der Waals surface area contributed by atoms with E-state index in [-0.39, 0.29) is 30.8 Å². The molecule has 0 heterocycles. The zero-order valence-corrected chi connectivity index (χ0v) is 15.4. The number of ketones is 1. The molecule has 1 amide bonds. The van der Waals surface area contributed by atoms with Gasteiger partial charge in [0.25, 0.3) is 0 Å². The monoisotopic (exact) mass is 369 g/mol. The van der Waals surface area contributed by atoms with Crippen LogP contribution in [-0.2, 0) is 20.7 Å². The van der Waals surface area contributed by atoms with Crippen molar-refractivity contribution in [1.29, 1.82) is 0 Å². The number of aryl methyl sites for hydroxylation is 1. The number of aromatic hydroxyl groups is 1. The maximum absolute atomic E-state index is 12.2. The number of Topliss-reactive ketones (excluding diaryl/α,β-unsaturated/α-hetero) is 1. The largest absolute Gasteiger partial charge is 0.508 e. The number of nitrogens with one attached hydrogen (secondary N) is 1. The number of rotatable bonds is 8. The van der Waals surface area contributed by atoms with E-state index >= 15 is 0 Å². The Labute approximate surface area is 158 Å². The topological polar surface area (TPSA) is 92.7 Å². The number of phenolic OH excluding ortho intramolecular Hbond substituents is 1. The quantitative estimate of drug-likeness (QED) is 0.551. The summed E-state index contributed by atoms with van der Waals surface area (Å²) in [7, 11) is 1.25. The number of phenols is 1. The van der Waals surface area contributed by atoms with E-state index in [4.69, 9.17) is 4.74 Å². The molecule has 0 aliphatic carbocycles. The van der Waals surface area contributed by atoms with Crippen molar-refractivity contribution in [3.63, 3.8) is 0 Å². The second-order valence-electron chi connectivity index (χ2n) is 6.30. The van der Waals surface area contributed by atoms with Gasteiger partial charge in [0.15, 0.2) is 5.78 Å². The molecule has 27 heavy (non-hydrogen) atoms. The molecule has 0 radical (unpaired) electrons. The summed E-state index contributed by atoms with van der Waals surface area (Å²) in [4.78, 5) is 36.3. The van der Waals surface area contributed by atoms with Crippen LogP contribution in [0.4, 0.5) is 0 Å². The molecule has 0 bridgehead atoms. The molecule has 0 spiro atoms. The third kappa shape index (κ3) is 6.26. The van der Waals surface area contributed by atoms with Gasteiger partial charge in [0.1, 0.15) is 11.8 Å². The molecule has 2 aromatic carbocycles. The summed E-state index contributed by atoms with van der Waals surface area (Å²) >= 11 is 0. The van der Waals surface area contributed by atoms with E-state index in [1.807, 2.05) is 19.1 Å². The summed E-state index contributed by atoms with van der Waals surface area (Å²) in [6.45, 7) is 1.93. The summed E-state index contributed by atoms with van der Waals surface area (Å²) in [6, 6.07) is 12.6. The Balaban J connectivity index is 1.92. The second-order valence-corrected chi connectivity index (χ2v) is 6.30. The highest BCUT2D eigenvalue weighted by Crippen LogP contribution is 2.12. The van der Waals surface area contributed by atoms with Crippen molar-refractivity contribution in [1.82, 2.24) is 5.32 Å². The molecule has 2 rings (SSSR count). The normalized spacial score (nSPS) is 11.5. The van der Waals surface area contributed by atoms with E-state index < -0.39 is 17.9 Å². The smallest absolute Gasteiger partial charge is 0.328 e. The molecule has 0 fully saturated rings. The van der Waals surface area contributed by atoms with Crippen LogP contribution in [-0.4, -0.2) is 35.9 Å². The van der Waals surface area contributed by atoms with Crippen LogP contribution >= 0.6 is 0 Å². The summed E-state index contributed by atoms with van der Waals surface area (Å²) in [5.74, 6) is -0.976. The Kier molecular flexibility index (Phi) is 7.11. The molecule has 0 saturated carbocycles. The standard InChI is InChI=1S/C21H23NO5/c1-14-3-7-16(8-4-14)19(24)11-12-20(25)22-18(21(26)27-2)13-15-5-9-17(23)10-6-15/h3-10,18,23H,11-13H2,1-2H3,(H,22,25). The summed E-state index contributed by atoms with van der Waals surface area (Å²) in [6.07, 6.45) is 0.266. The van der Waals surface area contributed by atoms with Crippen LogP contribution in [0.2, 0.25) is 0 Å².